The molecule has 3 heteroatoms. The summed E-state index contributed by atoms with van der Waals surface area (Å²) in [5, 5.41) is 14.6. The number of hydrogen-bond acceptors (Lipinski definition) is 3. The summed E-state index contributed by atoms with van der Waals surface area (Å²) < 4.78 is 1.34. The Kier molecular flexibility index (Phi) is 2.69. The van der Waals surface area contributed by atoms with Gasteiger partial charge >= 0.3 is 0 Å². The molecule has 2 bridgehead atoms. The van der Waals surface area contributed by atoms with Crippen LogP contribution < -0.4 is 0 Å². The zero-order valence-electron chi connectivity index (χ0n) is 11.0. The van der Waals surface area contributed by atoms with Crippen LogP contribution in [-0.4, -0.2) is 35.2 Å². The van der Waals surface area contributed by atoms with Gasteiger partial charge in [0.05, 0.1) is 5.60 Å². The van der Waals surface area contributed by atoms with E-state index in [2.05, 4.69) is 34.5 Å². The van der Waals surface area contributed by atoms with Gasteiger partial charge in [-0.3, -0.25) is 0 Å². The van der Waals surface area contributed by atoms with Gasteiger partial charge in [0.2, 0.25) is 0 Å². The Morgan fingerprint density at radius 1 is 1.32 bits per heavy atom. The summed E-state index contributed by atoms with van der Waals surface area (Å²) in [6, 6.07) is 8.55. The van der Waals surface area contributed by atoms with Crippen molar-refractivity contribution in [1.29, 1.82) is 0 Å². The van der Waals surface area contributed by atoms with Gasteiger partial charge in [-0.2, -0.15) is 0 Å². The lowest BCUT2D eigenvalue weighted by Gasteiger charge is -2.38. The van der Waals surface area contributed by atoms with Crippen molar-refractivity contribution < 1.29 is 5.11 Å². The Bertz CT molecular complexity index is 608. The molecule has 0 radical (unpaired) electrons. The fourth-order valence-corrected chi connectivity index (χ4v) is 4.73. The van der Waals surface area contributed by atoms with Crippen LogP contribution in [0.3, 0.4) is 0 Å². The first-order valence-corrected chi connectivity index (χ1v) is 8.02. The third kappa shape index (κ3) is 1.92. The number of rotatable bonds is 2. The van der Waals surface area contributed by atoms with Crippen LogP contribution >= 0.6 is 11.3 Å². The Morgan fingerprint density at radius 3 is 3.16 bits per heavy atom. The van der Waals surface area contributed by atoms with Gasteiger partial charge in [-0.25, -0.2) is 0 Å². The van der Waals surface area contributed by atoms with Crippen molar-refractivity contribution in [2.75, 3.05) is 19.6 Å². The summed E-state index contributed by atoms with van der Waals surface area (Å²) in [7, 11) is 0. The molecule has 100 valence electrons. The van der Waals surface area contributed by atoms with Gasteiger partial charge in [0.1, 0.15) is 0 Å². The zero-order chi connectivity index (χ0) is 12.9. The molecular formula is C16H19NOS. The van der Waals surface area contributed by atoms with Crippen molar-refractivity contribution in [3.63, 3.8) is 0 Å². The van der Waals surface area contributed by atoms with E-state index in [1.807, 2.05) is 0 Å². The normalized spacial score (nSPS) is 33.9. The first kappa shape index (κ1) is 11.9. The lowest BCUT2D eigenvalue weighted by Crippen LogP contribution is -2.47. The van der Waals surface area contributed by atoms with E-state index < -0.39 is 5.60 Å². The lowest BCUT2D eigenvalue weighted by molar-refractivity contribution is -0.0436. The maximum absolute atomic E-state index is 11.1. The monoisotopic (exact) mass is 273 g/mol. The van der Waals surface area contributed by atoms with Crippen molar-refractivity contribution in [2.45, 2.75) is 24.9 Å². The first-order chi connectivity index (χ1) is 9.24. The minimum Gasteiger partial charge on any atom is -0.389 e. The fourth-order valence-electron chi connectivity index (χ4n) is 3.76. The molecule has 4 rings (SSSR count). The third-order valence-corrected chi connectivity index (χ3v) is 5.96. The van der Waals surface area contributed by atoms with Gasteiger partial charge in [-0.05, 0) is 41.8 Å². The summed E-state index contributed by atoms with van der Waals surface area (Å²) in [5.41, 5.74) is 0.861. The van der Waals surface area contributed by atoms with Crippen molar-refractivity contribution in [1.82, 2.24) is 4.90 Å². The van der Waals surface area contributed by atoms with Crippen molar-refractivity contribution in [3.8, 4) is 0 Å². The zero-order valence-corrected chi connectivity index (χ0v) is 11.8. The predicted molar refractivity (Wildman–Crippen MR) is 79.6 cm³/mol. The highest BCUT2D eigenvalue weighted by Gasteiger charge is 2.44. The van der Waals surface area contributed by atoms with Gasteiger partial charge in [0, 0.05) is 30.1 Å². The Morgan fingerprint density at radius 2 is 2.21 bits per heavy atom. The molecule has 0 spiro atoms. The number of nitrogens with zero attached hydrogens (tertiary/aromatic N) is 1. The standard InChI is InChI=1S/C16H19NOS/c18-16(6-8-17-7-5-13(16)10-17)9-12-11-19-15-4-2-1-3-14(12)15/h1-4,11,13,18H,5-10H2. The summed E-state index contributed by atoms with van der Waals surface area (Å²) >= 11 is 1.80. The molecule has 2 fully saturated rings. The Hall–Kier alpha value is -0.900. The molecule has 1 aromatic carbocycles. The van der Waals surface area contributed by atoms with E-state index in [9.17, 15) is 5.11 Å². The SMILES string of the molecule is OC1(Cc2csc3ccccc23)CCN2CCC1C2. The molecule has 3 heterocycles. The molecule has 2 aliphatic rings. The molecule has 0 aliphatic carbocycles. The quantitative estimate of drug-likeness (QED) is 0.909. The maximum atomic E-state index is 11.1. The van der Waals surface area contributed by atoms with Crippen LogP contribution in [0.2, 0.25) is 0 Å². The van der Waals surface area contributed by atoms with Crippen LogP contribution in [0.1, 0.15) is 18.4 Å². The third-order valence-electron chi connectivity index (χ3n) is 4.95. The number of benzene rings is 1. The average Bonchev–Trinajstić information content (AvgIpc) is 3.01. The molecule has 1 aromatic heterocycles. The second kappa shape index (κ2) is 4.30. The van der Waals surface area contributed by atoms with Crippen LogP contribution in [0.5, 0.6) is 0 Å². The van der Waals surface area contributed by atoms with Gasteiger partial charge in [-0.15, -0.1) is 11.3 Å². The van der Waals surface area contributed by atoms with Gasteiger partial charge in [0.15, 0.2) is 0 Å². The van der Waals surface area contributed by atoms with Crippen LogP contribution in [-0.2, 0) is 6.42 Å². The fraction of sp³-hybridized carbons (Fsp3) is 0.500. The molecule has 3 unspecified atom stereocenters. The van der Waals surface area contributed by atoms with E-state index in [0.717, 1.165) is 25.9 Å². The molecule has 2 aromatic rings. The number of hydrogen-bond donors (Lipinski definition) is 1. The maximum Gasteiger partial charge on any atom is 0.0741 e. The average molecular weight is 273 g/mol. The molecule has 19 heavy (non-hydrogen) atoms. The number of thiophene rings is 1. The summed E-state index contributed by atoms with van der Waals surface area (Å²) in [4.78, 5) is 2.49. The molecule has 2 saturated heterocycles. The van der Waals surface area contributed by atoms with E-state index in [1.54, 1.807) is 11.3 Å². The van der Waals surface area contributed by atoms with Crippen LogP contribution in [0.25, 0.3) is 10.1 Å². The highest BCUT2D eigenvalue weighted by molar-refractivity contribution is 7.17. The molecular weight excluding hydrogens is 254 g/mol. The highest BCUT2D eigenvalue weighted by atomic mass is 32.1. The highest BCUT2D eigenvalue weighted by Crippen LogP contribution is 2.39. The molecule has 1 N–H and O–H groups in total. The van der Waals surface area contributed by atoms with E-state index in [1.165, 1.54) is 28.6 Å². The minimum atomic E-state index is -0.475. The largest absolute Gasteiger partial charge is 0.389 e. The van der Waals surface area contributed by atoms with E-state index in [-0.39, 0.29) is 0 Å². The van der Waals surface area contributed by atoms with Crippen LogP contribution in [0.15, 0.2) is 29.6 Å². The van der Waals surface area contributed by atoms with Gasteiger partial charge in [-0.1, -0.05) is 18.2 Å². The van der Waals surface area contributed by atoms with E-state index in [4.69, 9.17) is 0 Å². The Labute approximate surface area is 117 Å². The minimum absolute atomic E-state index is 0.472. The van der Waals surface area contributed by atoms with Crippen molar-refractivity contribution in [3.05, 3.63) is 35.2 Å². The number of aliphatic hydroxyl groups is 1. The lowest BCUT2D eigenvalue weighted by atomic mass is 9.78. The topological polar surface area (TPSA) is 23.5 Å². The second-order valence-corrected chi connectivity index (χ2v) is 6.98. The van der Waals surface area contributed by atoms with E-state index in [0.29, 0.717) is 5.92 Å². The van der Waals surface area contributed by atoms with Crippen molar-refractivity contribution in [2.24, 2.45) is 5.92 Å². The first-order valence-electron chi connectivity index (χ1n) is 7.14. The summed E-state index contributed by atoms with van der Waals surface area (Å²) in [6.07, 6.45) is 2.93. The number of piperidine rings is 1. The smallest absolute Gasteiger partial charge is 0.0741 e. The summed E-state index contributed by atoms with van der Waals surface area (Å²) in [5.74, 6) is 0.472. The molecule has 0 amide bonds. The molecule has 2 aliphatic heterocycles. The Balaban J connectivity index is 1.67. The van der Waals surface area contributed by atoms with Crippen molar-refractivity contribution >= 4 is 21.4 Å². The predicted octanol–water partition coefficient (Wildman–Crippen LogP) is 2.90. The van der Waals surface area contributed by atoms with Gasteiger partial charge < -0.3 is 10.0 Å². The van der Waals surface area contributed by atoms with Gasteiger partial charge in [0.25, 0.3) is 0 Å². The summed E-state index contributed by atoms with van der Waals surface area (Å²) in [6.45, 7) is 3.34. The van der Waals surface area contributed by atoms with E-state index >= 15 is 0 Å². The number of fused-ring (bicyclic) bond motifs is 3. The molecule has 3 atom stereocenters. The second-order valence-electron chi connectivity index (χ2n) is 6.07. The molecule has 0 saturated carbocycles. The van der Waals surface area contributed by atoms with Crippen LogP contribution in [0.4, 0.5) is 0 Å². The molecule has 2 nitrogen and oxygen atoms in total. The van der Waals surface area contributed by atoms with Crippen LogP contribution in [0, 0.1) is 5.92 Å².